The van der Waals surface area contributed by atoms with Gasteiger partial charge in [0.1, 0.15) is 10.7 Å². The Hall–Kier alpha value is -1.14. The second-order valence-corrected chi connectivity index (χ2v) is 6.62. The van der Waals surface area contributed by atoms with Crippen LogP contribution in [0.25, 0.3) is 0 Å². The minimum atomic E-state index is -3.96. The molecule has 0 bridgehead atoms. The van der Waals surface area contributed by atoms with Crippen molar-refractivity contribution >= 4 is 16.0 Å². The molecular weight excluding hydrogens is 266 g/mol. The predicted molar refractivity (Wildman–Crippen MR) is 74.0 cm³/mol. The highest BCUT2D eigenvalue weighted by Crippen LogP contribution is 2.39. The number of carboxylic acids is 1. The molecule has 0 amide bonds. The number of nitrogens with two attached hydrogens (primary N) is 1. The second kappa shape index (κ2) is 5.88. The lowest BCUT2D eigenvalue weighted by atomic mass is 9.75. The van der Waals surface area contributed by atoms with Gasteiger partial charge < -0.3 is 5.11 Å². The average molecular weight is 287 g/mol. The van der Waals surface area contributed by atoms with Crippen molar-refractivity contribution in [2.45, 2.75) is 44.8 Å². The first kappa shape index (κ1) is 15.9. The van der Waals surface area contributed by atoms with E-state index in [1.807, 2.05) is 13.8 Å². The van der Waals surface area contributed by atoms with Crippen LogP contribution in [0, 0.1) is 5.41 Å². The van der Waals surface area contributed by atoms with E-state index in [2.05, 4.69) is 0 Å². The molecule has 0 heterocycles. The third kappa shape index (κ3) is 3.25. The molecule has 0 spiro atoms. The molecule has 0 saturated heterocycles. The van der Waals surface area contributed by atoms with Gasteiger partial charge in [-0.3, -0.25) is 4.79 Å². The minimum absolute atomic E-state index is 0.246. The van der Waals surface area contributed by atoms with E-state index in [0.29, 0.717) is 12.8 Å². The van der Waals surface area contributed by atoms with E-state index < -0.39 is 26.7 Å². The van der Waals surface area contributed by atoms with E-state index in [1.54, 1.807) is 6.08 Å². The first-order valence-corrected chi connectivity index (χ1v) is 8.03. The summed E-state index contributed by atoms with van der Waals surface area (Å²) in [6, 6.07) is 0. The molecule has 0 saturated carbocycles. The third-order valence-corrected chi connectivity index (χ3v) is 4.69. The van der Waals surface area contributed by atoms with Crippen LogP contribution in [0.4, 0.5) is 0 Å². The number of allylic oxidation sites excluding steroid dienone is 2. The van der Waals surface area contributed by atoms with Gasteiger partial charge in [0.15, 0.2) is 0 Å². The van der Waals surface area contributed by atoms with Crippen molar-refractivity contribution in [1.29, 1.82) is 0 Å². The van der Waals surface area contributed by atoms with Gasteiger partial charge >= 0.3 is 5.97 Å². The maximum Gasteiger partial charge on any atom is 0.315 e. The predicted octanol–water partition coefficient (Wildman–Crippen LogP) is 1.81. The van der Waals surface area contributed by atoms with E-state index in [0.717, 1.165) is 12.0 Å². The molecule has 0 fully saturated rings. The number of hydrogen-bond acceptors (Lipinski definition) is 3. The van der Waals surface area contributed by atoms with Gasteiger partial charge in [0.25, 0.3) is 0 Å². The fourth-order valence-electron chi connectivity index (χ4n) is 2.53. The van der Waals surface area contributed by atoms with Gasteiger partial charge in [0.05, 0.1) is 0 Å². The molecule has 0 aromatic heterocycles. The number of hydrogen-bond donors (Lipinski definition) is 2. The Balaban J connectivity index is 3.33. The van der Waals surface area contributed by atoms with E-state index in [-0.39, 0.29) is 6.42 Å². The van der Waals surface area contributed by atoms with Crippen LogP contribution in [0.1, 0.15) is 39.5 Å². The van der Waals surface area contributed by atoms with Gasteiger partial charge in [0, 0.05) is 0 Å². The van der Waals surface area contributed by atoms with Crippen molar-refractivity contribution in [2.75, 3.05) is 0 Å². The zero-order chi connectivity index (χ0) is 14.7. The number of carboxylic acid groups (broad SMARTS) is 1. The molecule has 0 radical (unpaired) electrons. The van der Waals surface area contributed by atoms with Crippen molar-refractivity contribution in [3.63, 3.8) is 0 Å². The Morgan fingerprint density at radius 3 is 2.47 bits per heavy atom. The van der Waals surface area contributed by atoms with E-state index in [4.69, 9.17) is 5.14 Å². The van der Waals surface area contributed by atoms with Crippen LogP contribution >= 0.6 is 0 Å². The quantitative estimate of drug-likeness (QED) is 0.778. The maximum absolute atomic E-state index is 11.8. The molecule has 0 aromatic carbocycles. The van der Waals surface area contributed by atoms with Crippen molar-refractivity contribution in [1.82, 2.24) is 0 Å². The topological polar surface area (TPSA) is 97.5 Å². The van der Waals surface area contributed by atoms with Crippen LogP contribution in [0.2, 0.25) is 0 Å². The Bertz CT molecular complexity index is 507. The smallest absolute Gasteiger partial charge is 0.315 e. The van der Waals surface area contributed by atoms with Gasteiger partial charge in [0.2, 0.25) is 10.0 Å². The zero-order valence-electron chi connectivity index (χ0n) is 11.3. The van der Waals surface area contributed by atoms with Gasteiger partial charge in [-0.25, -0.2) is 13.6 Å². The molecule has 6 heteroatoms. The molecular formula is C13H21NO4S. The average Bonchev–Trinajstić information content (AvgIpc) is 2.30. The highest BCUT2D eigenvalue weighted by atomic mass is 32.2. The molecule has 1 aliphatic rings. The molecule has 0 aromatic rings. The fourth-order valence-corrected chi connectivity index (χ4v) is 3.78. The lowest BCUT2D eigenvalue weighted by Gasteiger charge is -2.34. The largest absolute Gasteiger partial charge is 0.481 e. The van der Waals surface area contributed by atoms with Gasteiger partial charge in [-0.15, -0.1) is 0 Å². The number of sulfonamides is 1. The summed E-state index contributed by atoms with van der Waals surface area (Å²) in [5.74, 6) is -1.14. The summed E-state index contributed by atoms with van der Waals surface area (Å²) in [4.78, 5) is 11.6. The lowest BCUT2D eigenvalue weighted by molar-refractivity contribution is -0.146. The SMILES string of the molecule is CCCC1=CC(S(N)(=O)=O)C(CCC)(C(=O)O)C=C1. The van der Waals surface area contributed by atoms with Crippen LogP contribution in [0.5, 0.6) is 0 Å². The molecule has 3 N–H and O–H groups in total. The lowest BCUT2D eigenvalue weighted by Crippen LogP contribution is -2.48. The monoisotopic (exact) mass is 287 g/mol. The molecule has 1 aliphatic carbocycles. The molecule has 2 unspecified atom stereocenters. The summed E-state index contributed by atoms with van der Waals surface area (Å²) in [5, 5.41) is 13.5. The Morgan fingerprint density at radius 2 is 2.05 bits per heavy atom. The Kier molecular flexibility index (Phi) is 4.92. The highest BCUT2D eigenvalue weighted by Gasteiger charge is 2.49. The molecule has 2 atom stereocenters. The standard InChI is InChI=1S/C13H21NO4S/c1-3-5-10-6-8-13(7-4-2,12(15)16)11(9-10)19(14,17)18/h6,8-9,11H,3-5,7H2,1-2H3,(H,15,16)(H2,14,17,18). The van der Waals surface area contributed by atoms with E-state index >= 15 is 0 Å². The van der Waals surface area contributed by atoms with Crippen LogP contribution in [-0.4, -0.2) is 24.7 Å². The summed E-state index contributed by atoms with van der Waals surface area (Å²) in [6.07, 6.45) is 7.11. The third-order valence-electron chi connectivity index (χ3n) is 3.42. The second-order valence-electron chi connectivity index (χ2n) is 4.93. The Morgan fingerprint density at radius 1 is 1.42 bits per heavy atom. The Labute approximate surface area is 114 Å². The summed E-state index contributed by atoms with van der Waals surface area (Å²) in [6.45, 7) is 3.80. The highest BCUT2D eigenvalue weighted by molar-refractivity contribution is 7.90. The molecule has 5 nitrogen and oxygen atoms in total. The first-order chi connectivity index (χ1) is 8.78. The van der Waals surface area contributed by atoms with Crippen LogP contribution in [0.15, 0.2) is 23.8 Å². The zero-order valence-corrected chi connectivity index (χ0v) is 12.1. The summed E-state index contributed by atoms with van der Waals surface area (Å²) >= 11 is 0. The number of primary sulfonamides is 1. The van der Waals surface area contributed by atoms with Crippen LogP contribution in [0.3, 0.4) is 0 Å². The molecule has 0 aliphatic heterocycles. The van der Waals surface area contributed by atoms with Crippen molar-refractivity contribution in [3.8, 4) is 0 Å². The first-order valence-electron chi connectivity index (χ1n) is 6.43. The number of aliphatic carboxylic acids is 1. The van der Waals surface area contributed by atoms with Crippen molar-refractivity contribution < 1.29 is 18.3 Å². The summed E-state index contributed by atoms with van der Waals surface area (Å²) < 4.78 is 23.5. The normalized spacial score (nSPS) is 27.1. The fraction of sp³-hybridized carbons (Fsp3) is 0.615. The minimum Gasteiger partial charge on any atom is -0.481 e. The van der Waals surface area contributed by atoms with Gasteiger partial charge in [-0.1, -0.05) is 50.5 Å². The van der Waals surface area contributed by atoms with Gasteiger partial charge in [-0.05, 0) is 12.8 Å². The number of rotatable bonds is 6. The summed E-state index contributed by atoms with van der Waals surface area (Å²) in [5.41, 5.74) is -0.617. The molecule has 19 heavy (non-hydrogen) atoms. The van der Waals surface area contributed by atoms with Crippen molar-refractivity contribution in [2.24, 2.45) is 10.6 Å². The molecule has 1 rings (SSSR count). The van der Waals surface area contributed by atoms with Crippen LogP contribution in [-0.2, 0) is 14.8 Å². The molecule has 108 valence electrons. The van der Waals surface area contributed by atoms with Gasteiger partial charge in [-0.2, -0.15) is 0 Å². The van der Waals surface area contributed by atoms with E-state index in [1.165, 1.54) is 12.2 Å². The van der Waals surface area contributed by atoms with Crippen molar-refractivity contribution in [3.05, 3.63) is 23.8 Å². The van der Waals surface area contributed by atoms with Crippen LogP contribution < -0.4 is 5.14 Å². The van der Waals surface area contributed by atoms with E-state index in [9.17, 15) is 18.3 Å². The summed E-state index contributed by atoms with van der Waals surface area (Å²) in [7, 11) is -3.96. The number of carbonyl (C=O) groups is 1. The maximum atomic E-state index is 11.8.